The molecule has 60 valence electrons. The number of rotatable bonds is 0. The molecule has 3 atom stereocenters. The third-order valence-electron chi connectivity index (χ3n) is 1.69. The highest BCUT2D eigenvalue weighted by Crippen LogP contribution is 2.05. The van der Waals surface area contributed by atoms with Crippen LogP contribution < -0.4 is 5.32 Å². The van der Waals surface area contributed by atoms with Gasteiger partial charge < -0.3 is 20.6 Å². The molecule has 1 saturated heterocycles. The van der Waals surface area contributed by atoms with Crippen molar-refractivity contribution in [1.29, 1.82) is 0 Å². The molecule has 0 bridgehead atoms. The van der Waals surface area contributed by atoms with Crippen LogP contribution in [0.4, 0.5) is 0 Å². The Balaban J connectivity index is 2.41. The van der Waals surface area contributed by atoms with Gasteiger partial charge in [-0.3, -0.25) is 0 Å². The van der Waals surface area contributed by atoms with Gasteiger partial charge in [-0.2, -0.15) is 0 Å². The Bertz CT molecular complexity index is 109. The van der Waals surface area contributed by atoms with E-state index in [1.54, 1.807) is 0 Å². The summed E-state index contributed by atoms with van der Waals surface area (Å²) in [6.45, 7) is 0.812. The summed E-state index contributed by atoms with van der Waals surface area (Å²) in [4.78, 5) is 0. The van der Waals surface area contributed by atoms with Gasteiger partial charge >= 0.3 is 0 Å². The zero-order valence-electron chi connectivity index (χ0n) is 5.70. The van der Waals surface area contributed by atoms with E-state index < -0.39 is 18.3 Å². The largest absolute Gasteiger partial charge is 0.392 e. The molecule has 4 nitrogen and oxygen atoms in total. The van der Waals surface area contributed by atoms with Gasteiger partial charge in [0, 0.05) is 19.5 Å². The highest BCUT2D eigenvalue weighted by Gasteiger charge is 2.22. The Morgan fingerprint density at radius 1 is 1.00 bits per heavy atom. The van der Waals surface area contributed by atoms with Gasteiger partial charge in [-0.1, -0.05) is 0 Å². The van der Waals surface area contributed by atoms with Crippen molar-refractivity contribution >= 4 is 0 Å². The molecule has 0 amide bonds. The number of aliphatic hydroxyl groups excluding tert-OH is 3. The van der Waals surface area contributed by atoms with Gasteiger partial charge in [0.05, 0.1) is 18.3 Å². The first-order valence-electron chi connectivity index (χ1n) is 3.45. The summed E-state index contributed by atoms with van der Waals surface area (Å²) >= 11 is 0. The van der Waals surface area contributed by atoms with Crippen molar-refractivity contribution < 1.29 is 15.3 Å². The maximum absolute atomic E-state index is 9.08. The molecule has 1 aliphatic rings. The van der Waals surface area contributed by atoms with E-state index in [4.69, 9.17) is 15.3 Å². The molecule has 0 aromatic carbocycles. The molecule has 1 aliphatic heterocycles. The summed E-state index contributed by atoms with van der Waals surface area (Å²) in [6, 6.07) is 0. The molecule has 4 N–H and O–H groups in total. The minimum atomic E-state index is -0.787. The van der Waals surface area contributed by atoms with Crippen molar-refractivity contribution in [2.24, 2.45) is 0 Å². The molecule has 0 spiro atoms. The number of aliphatic hydroxyl groups is 3. The van der Waals surface area contributed by atoms with E-state index in [0.717, 1.165) is 0 Å². The summed E-state index contributed by atoms with van der Waals surface area (Å²) in [5, 5.41) is 30.0. The Hall–Kier alpha value is -0.160. The Labute approximate surface area is 59.5 Å². The Kier molecular flexibility index (Phi) is 2.62. The van der Waals surface area contributed by atoms with Crippen molar-refractivity contribution in [3.05, 3.63) is 0 Å². The van der Waals surface area contributed by atoms with Crippen LogP contribution in [0.5, 0.6) is 0 Å². The smallest absolute Gasteiger partial charge is 0.0924 e. The molecule has 0 aromatic heterocycles. The molecule has 10 heavy (non-hydrogen) atoms. The van der Waals surface area contributed by atoms with E-state index >= 15 is 0 Å². The molecule has 1 fully saturated rings. The van der Waals surface area contributed by atoms with Gasteiger partial charge in [0.1, 0.15) is 0 Å². The van der Waals surface area contributed by atoms with Crippen LogP contribution in [0.15, 0.2) is 0 Å². The van der Waals surface area contributed by atoms with E-state index in [1.165, 1.54) is 0 Å². The third-order valence-corrected chi connectivity index (χ3v) is 1.69. The lowest BCUT2D eigenvalue weighted by molar-refractivity contribution is 0.00544. The lowest BCUT2D eigenvalue weighted by Gasteiger charge is -2.13. The van der Waals surface area contributed by atoms with Crippen LogP contribution in [0.1, 0.15) is 6.42 Å². The summed E-state index contributed by atoms with van der Waals surface area (Å²) in [6.07, 6.45) is -1.80. The predicted molar refractivity (Wildman–Crippen MR) is 35.5 cm³/mol. The van der Waals surface area contributed by atoms with Gasteiger partial charge in [-0.05, 0) is 0 Å². The number of hydrogen-bond acceptors (Lipinski definition) is 4. The zero-order chi connectivity index (χ0) is 7.56. The average molecular weight is 147 g/mol. The van der Waals surface area contributed by atoms with E-state index in [2.05, 4.69) is 5.32 Å². The van der Waals surface area contributed by atoms with Crippen LogP contribution in [0.25, 0.3) is 0 Å². The zero-order valence-corrected chi connectivity index (χ0v) is 5.70. The summed E-state index contributed by atoms with van der Waals surface area (Å²) in [5.74, 6) is 0. The van der Waals surface area contributed by atoms with Gasteiger partial charge in [0.2, 0.25) is 0 Å². The van der Waals surface area contributed by atoms with Gasteiger partial charge in [0.15, 0.2) is 0 Å². The first kappa shape index (κ1) is 7.94. The maximum atomic E-state index is 9.08. The number of hydrogen-bond donors (Lipinski definition) is 4. The van der Waals surface area contributed by atoms with Crippen LogP contribution in [0.2, 0.25) is 0 Å². The molecular weight excluding hydrogens is 134 g/mol. The fourth-order valence-corrected chi connectivity index (χ4v) is 1.05. The second kappa shape index (κ2) is 3.30. The Morgan fingerprint density at radius 3 is 2.40 bits per heavy atom. The fraction of sp³-hybridized carbons (Fsp3) is 1.00. The molecule has 0 aromatic rings. The summed E-state index contributed by atoms with van der Waals surface area (Å²) < 4.78 is 0. The minimum Gasteiger partial charge on any atom is -0.392 e. The molecule has 4 heteroatoms. The molecule has 1 heterocycles. The van der Waals surface area contributed by atoms with E-state index in [9.17, 15) is 0 Å². The highest BCUT2D eigenvalue weighted by atomic mass is 16.3. The van der Waals surface area contributed by atoms with Crippen molar-refractivity contribution in [2.75, 3.05) is 13.1 Å². The second-order valence-electron chi connectivity index (χ2n) is 2.68. The van der Waals surface area contributed by atoms with Crippen molar-refractivity contribution in [3.63, 3.8) is 0 Å². The number of nitrogens with one attached hydrogen (secondary N) is 1. The van der Waals surface area contributed by atoms with E-state index in [0.29, 0.717) is 13.1 Å². The first-order valence-corrected chi connectivity index (χ1v) is 3.45. The molecule has 1 rings (SSSR count). The number of β-amino-alcohol motifs (C(OH)–C–C–N with tert-alkyl or cyclic N) is 2. The van der Waals surface area contributed by atoms with Crippen LogP contribution in [-0.2, 0) is 0 Å². The lowest BCUT2D eigenvalue weighted by Crippen LogP contribution is -2.32. The van der Waals surface area contributed by atoms with Crippen LogP contribution in [-0.4, -0.2) is 46.7 Å². The first-order chi connectivity index (χ1) is 4.70. The molecule has 0 saturated carbocycles. The monoisotopic (exact) mass is 147 g/mol. The molecule has 0 aliphatic carbocycles. The maximum Gasteiger partial charge on any atom is 0.0924 e. The quantitative estimate of drug-likeness (QED) is 0.322. The van der Waals surface area contributed by atoms with E-state index in [-0.39, 0.29) is 6.42 Å². The summed E-state index contributed by atoms with van der Waals surface area (Å²) in [5.41, 5.74) is 0. The summed E-state index contributed by atoms with van der Waals surface area (Å²) in [7, 11) is 0. The van der Waals surface area contributed by atoms with E-state index in [1.807, 2.05) is 0 Å². The van der Waals surface area contributed by atoms with Gasteiger partial charge in [-0.15, -0.1) is 0 Å². The van der Waals surface area contributed by atoms with Crippen molar-refractivity contribution in [3.8, 4) is 0 Å². The topological polar surface area (TPSA) is 72.7 Å². The average Bonchev–Trinajstić information content (AvgIpc) is 1.96. The van der Waals surface area contributed by atoms with Crippen LogP contribution in [0, 0.1) is 0 Å². The van der Waals surface area contributed by atoms with Gasteiger partial charge in [0.25, 0.3) is 0 Å². The minimum absolute atomic E-state index is 0.258. The van der Waals surface area contributed by atoms with Crippen molar-refractivity contribution in [2.45, 2.75) is 24.7 Å². The van der Waals surface area contributed by atoms with Gasteiger partial charge in [-0.25, -0.2) is 0 Å². The molecular formula is C6H13NO3. The third kappa shape index (κ3) is 1.91. The Morgan fingerprint density at radius 2 is 1.70 bits per heavy atom. The predicted octanol–water partition coefficient (Wildman–Crippen LogP) is -1.94. The second-order valence-corrected chi connectivity index (χ2v) is 2.68. The van der Waals surface area contributed by atoms with Crippen LogP contribution >= 0.6 is 0 Å². The SMILES string of the molecule is O[C@H]1CNC[C@@H](O)[C@@H](O)C1. The van der Waals surface area contributed by atoms with Crippen molar-refractivity contribution in [1.82, 2.24) is 5.32 Å². The molecule has 0 unspecified atom stereocenters. The standard InChI is InChI=1S/C6H13NO3/c8-4-1-5(9)6(10)3-7-2-4/h4-10H,1-3H2/t4-,5+,6-/m1/s1. The van der Waals surface area contributed by atoms with Crippen LogP contribution in [0.3, 0.4) is 0 Å². The highest BCUT2D eigenvalue weighted by molar-refractivity contribution is 4.78. The fourth-order valence-electron chi connectivity index (χ4n) is 1.05. The normalized spacial score (nSPS) is 42.9. The lowest BCUT2D eigenvalue weighted by atomic mass is 10.1. The molecule has 0 radical (unpaired) electrons.